The Morgan fingerprint density at radius 1 is 1.10 bits per heavy atom. The van der Waals surface area contributed by atoms with Gasteiger partial charge in [0.25, 0.3) is 0 Å². The van der Waals surface area contributed by atoms with Crippen LogP contribution in [0.15, 0.2) is 36.9 Å². The van der Waals surface area contributed by atoms with Gasteiger partial charge in [-0.1, -0.05) is 0 Å². The fourth-order valence-electron chi connectivity index (χ4n) is 2.74. The van der Waals surface area contributed by atoms with E-state index in [1.54, 1.807) is 12.5 Å². The Balaban J connectivity index is 1.82. The van der Waals surface area contributed by atoms with Gasteiger partial charge in [0.2, 0.25) is 0 Å². The zero-order chi connectivity index (χ0) is 13.5. The molecule has 0 saturated heterocycles. The average Bonchev–Trinajstić information content (AvgIpc) is 2.95. The maximum atomic E-state index is 6.03. The van der Waals surface area contributed by atoms with Crippen molar-refractivity contribution in [3.05, 3.63) is 42.7 Å². The molecule has 3 heterocycles. The SMILES string of the molecule is Nc1ccc(N2CCn3cnnc3C2)c2ccncc12. The number of nitrogens with two attached hydrogens (primary N) is 1. The molecule has 0 fully saturated rings. The van der Waals surface area contributed by atoms with E-state index < -0.39 is 0 Å². The Hall–Kier alpha value is -2.63. The van der Waals surface area contributed by atoms with Gasteiger partial charge < -0.3 is 15.2 Å². The van der Waals surface area contributed by atoms with Gasteiger partial charge in [0.1, 0.15) is 6.33 Å². The summed E-state index contributed by atoms with van der Waals surface area (Å²) in [4.78, 5) is 6.47. The third kappa shape index (κ3) is 1.61. The molecule has 100 valence electrons. The number of nitrogen functional groups attached to an aromatic ring is 1. The van der Waals surface area contributed by atoms with Crippen molar-refractivity contribution in [3.8, 4) is 0 Å². The third-order valence-corrected chi connectivity index (χ3v) is 3.81. The minimum atomic E-state index is 0.761. The molecule has 0 unspecified atom stereocenters. The van der Waals surface area contributed by atoms with Crippen molar-refractivity contribution in [2.24, 2.45) is 0 Å². The molecule has 4 rings (SSSR count). The average molecular weight is 266 g/mol. The summed E-state index contributed by atoms with van der Waals surface area (Å²) in [6, 6.07) is 6.03. The van der Waals surface area contributed by atoms with Crippen LogP contribution in [0.25, 0.3) is 10.8 Å². The minimum absolute atomic E-state index is 0.761. The molecular formula is C14H14N6. The van der Waals surface area contributed by atoms with Crippen LogP contribution in [0, 0.1) is 0 Å². The summed E-state index contributed by atoms with van der Waals surface area (Å²) in [5.41, 5.74) is 7.96. The molecule has 20 heavy (non-hydrogen) atoms. The lowest BCUT2D eigenvalue weighted by atomic mass is 10.1. The van der Waals surface area contributed by atoms with Crippen LogP contribution in [0.4, 0.5) is 11.4 Å². The van der Waals surface area contributed by atoms with Crippen molar-refractivity contribution >= 4 is 22.1 Å². The Morgan fingerprint density at radius 2 is 2.05 bits per heavy atom. The number of rotatable bonds is 1. The number of pyridine rings is 1. The van der Waals surface area contributed by atoms with Crippen LogP contribution in [0.3, 0.4) is 0 Å². The van der Waals surface area contributed by atoms with E-state index in [1.807, 2.05) is 18.3 Å². The number of nitrogens with zero attached hydrogens (tertiary/aromatic N) is 5. The van der Waals surface area contributed by atoms with Gasteiger partial charge in [-0.2, -0.15) is 0 Å². The number of benzene rings is 1. The van der Waals surface area contributed by atoms with Crippen LogP contribution in [-0.4, -0.2) is 26.3 Å². The first-order valence-corrected chi connectivity index (χ1v) is 6.57. The van der Waals surface area contributed by atoms with Crippen LogP contribution in [0.2, 0.25) is 0 Å². The molecule has 0 atom stereocenters. The molecule has 3 aromatic rings. The van der Waals surface area contributed by atoms with Gasteiger partial charge >= 0.3 is 0 Å². The van der Waals surface area contributed by atoms with E-state index in [9.17, 15) is 0 Å². The highest BCUT2D eigenvalue weighted by molar-refractivity contribution is 6.00. The Kier molecular flexibility index (Phi) is 2.35. The maximum Gasteiger partial charge on any atom is 0.152 e. The Bertz CT molecular complexity index is 778. The zero-order valence-corrected chi connectivity index (χ0v) is 10.9. The van der Waals surface area contributed by atoms with Crippen molar-refractivity contribution in [1.29, 1.82) is 0 Å². The first-order valence-electron chi connectivity index (χ1n) is 6.57. The first kappa shape index (κ1) is 11.2. The van der Waals surface area contributed by atoms with Crippen molar-refractivity contribution in [1.82, 2.24) is 19.7 Å². The van der Waals surface area contributed by atoms with Crippen LogP contribution >= 0.6 is 0 Å². The standard InChI is InChI=1S/C14H14N6/c15-12-1-2-13(10-3-4-16-7-11(10)12)19-5-6-20-9-17-18-14(20)8-19/h1-4,7,9H,5-6,8,15H2. The molecule has 1 aliphatic heterocycles. The summed E-state index contributed by atoms with van der Waals surface area (Å²) in [6.45, 7) is 2.60. The zero-order valence-electron chi connectivity index (χ0n) is 10.9. The summed E-state index contributed by atoms with van der Waals surface area (Å²) in [7, 11) is 0. The smallest absolute Gasteiger partial charge is 0.152 e. The summed E-state index contributed by atoms with van der Waals surface area (Å²) >= 11 is 0. The van der Waals surface area contributed by atoms with Gasteiger partial charge in [-0.3, -0.25) is 4.98 Å². The lowest BCUT2D eigenvalue weighted by Gasteiger charge is -2.30. The fourth-order valence-corrected chi connectivity index (χ4v) is 2.74. The molecule has 2 aromatic heterocycles. The first-order chi connectivity index (χ1) is 9.83. The summed E-state index contributed by atoms with van der Waals surface area (Å²) in [5, 5.41) is 10.3. The van der Waals surface area contributed by atoms with Gasteiger partial charge in [-0.05, 0) is 18.2 Å². The third-order valence-electron chi connectivity index (χ3n) is 3.81. The van der Waals surface area contributed by atoms with Crippen molar-refractivity contribution in [2.45, 2.75) is 13.1 Å². The van der Waals surface area contributed by atoms with E-state index in [0.29, 0.717) is 0 Å². The predicted octanol–water partition coefficient (Wildman–Crippen LogP) is 1.43. The van der Waals surface area contributed by atoms with Crippen LogP contribution < -0.4 is 10.6 Å². The van der Waals surface area contributed by atoms with Crippen LogP contribution in [0.5, 0.6) is 0 Å². The monoisotopic (exact) mass is 266 g/mol. The molecule has 0 aliphatic carbocycles. The number of fused-ring (bicyclic) bond motifs is 2. The number of anilines is 2. The molecule has 0 radical (unpaired) electrons. The summed E-state index contributed by atoms with van der Waals surface area (Å²) < 4.78 is 2.09. The van der Waals surface area contributed by atoms with E-state index in [-0.39, 0.29) is 0 Å². The van der Waals surface area contributed by atoms with Crippen LogP contribution in [-0.2, 0) is 13.1 Å². The van der Waals surface area contributed by atoms with Gasteiger partial charge in [-0.25, -0.2) is 0 Å². The van der Waals surface area contributed by atoms with E-state index in [1.165, 1.54) is 5.69 Å². The second-order valence-electron chi connectivity index (χ2n) is 4.96. The number of aromatic nitrogens is 4. The molecule has 6 nitrogen and oxygen atoms in total. The molecule has 1 aliphatic rings. The quantitative estimate of drug-likeness (QED) is 0.674. The van der Waals surface area contributed by atoms with Gasteiger partial charge in [-0.15, -0.1) is 10.2 Å². The van der Waals surface area contributed by atoms with Crippen molar-refractivity contribution in [3.63, 3.8) is 0 Å². The van der Waals surface area contributed by atoms with Gasteiger partial charge in [0.05, 0.1) is 6.54 Å². The minimum Gasteiger partial charge on any atom is -0.398 e. The normalized spacial score (nSPS) is 14.5. The molecule has 0 amide bonds. The molecule has 6 heteroatoms. The molecule has 2 N–H and O–H groups in total. The van der Waals surface area contributed by atoms with E-state index >= 15 is 0 Å². The lowest BCUT2D eigenvalue weighted by Crippen LogP contribution is -2.33. The van der Waals surface area contributed by atoms with Crippen LogP contribution in [0.1, 0.15) is 5.82 Å². The highest BCUT2D eigenvalue weighted by atomic mass is 15.3. The molecule has 0 spiro atoms. The second kappa shape index (κ2) is 4.19. The predicted molar refractivity (Wildman–Crippen MR) is 77.2 cm³/mol. The maximum absolute atomic E-state index is 6.03. The fraction of sp³-hybridized carbons (Fsp3) is 0.214. The lowest BCUT2D eigenvalue weighted by molar-refractivity contribution is 0.561. The molecule has 0 saturated carbocycles. The van der Waals surface area contributed by atoms with E-state index in [2.05, 4.69) is 30.7 Å². The van der Waals surface area contributed by atoms with E-state index in [4.69, 9.17) is 5.73 Å². The second-order valence-corrected chi connectivity index (χ2v) is 4.96. The summed E-state index contributed by atoms with van der Waals surface area (Å²) in [5.74, 6) is 0.996. The van der Waals surface area contributed by atoms with Crippen molar-refractivity contribution in [2.75, 3.05) is 17.2 Å². The van der Waals surface area contributed by atoms with Gasteiger partial charge in [0.15, 0.2) is 5.82 Å². The molecule has 1 aromatic carbocycles. The highest BCUT2D eigenvalue weighted by Gasteiger charge is 2.19. The molecule has 0 bridgehead atoms. The number of hydrogen-bond acceptors (Lipinski definition) is 5. The Labute approximate surface area is 115 Å². The Morgan fingerprint density at radius 3 is 3.00 bits per heavy atom. The van der Waals surface area contributed by atoms with Crippen molar-refractivity contribution < 1.29 is 0 Å². The largest absolute Gasteiger partial charge is 0.398 e. The summed E-state index contributed by atoms with van der Waals surface area (Å²) in [6.07, 6.45) is 5.41. The molecular weight excluding hydrogens is 252 g/mol. The topological polar surface area (TPSA) is 72.9 Å². The van der Waals surface area contributed by atoms with E-state index in [0.717, 1.165) is 41.9 Å². The highest BCUT2D eigenvalue weighted by Crippen LogP contribution is 2.31. The van der Waals surface area contributed by atoms with Gasteiger partial charge in [0, 0.05) is 47.6 Å². The number of hydrogen-bond donors (Lipinski definition) is 1.